The highest BCUT2D eigenvalue weighted by molar-refractivity contribution is 7.91. The molecule has 0 aliphatic heterocycles. The fraction of sp³-hybridized carbons (Fsp3) is 0.294. The molecule has 3 N–H and O–H groups in total. The minimum Gasteiger partial charge on any atom is -0.467 e. The van der Waals surface area contributed by atoms with Gasteiger partial charge >= 0.3 is 22.3 Å². The van der Waals surface area contributed by atoms with E-state index in [1.165, 1.54) is 13.2 Å². The van der Waals surface area contributed by atoms with Gasteiger partial charge in [0.1, 0.15) is 12.4 Å². The Hall–Kier alpha value is -3.27. The van der Waals surface area contributed by atoms with Gasteiger partial charge in [0.25, 0.3) is 0 Å². The minimum atomic E-state index is -4.50. The SMILES string of the molecule is CCOCC#Cc1ccccc1N(C(=O)Nc1nc(C)nc(OC)n1)S(N)(=O)=O. The number of aromatic nitrogens is 3. The van der Waals surface area contributed by atoms with Crippen LogP contribution in [0.25, 0.3) is 0 Å². The molecular formula is C17H20N6O5S. The smallest absolute Gasteiger partial charge is 0.343 e. The first-order valence-corrected chi connectivity index (χ1v) is 9.83. The zero-order valence-electron chi connectivity index (χ0n) is 16.0. The Labute approximate surface area is 168 Å². The van der Waals surface area contributed by atoms with Gasteiger partial charge in [-0.1, -0.05) is 24.0 Å². The number of anilines is 2. The lowest BCUT2D eigenvalue weighted by atomic mass is 10.2. The zero-order chi connectivity index (χ0) is 21.4. The van der Waals surface area contributed by atoms with Crippen LogP contribution in [0.15, 0.2) is 24.3 Å². The summed E-state index contributed by atoms with van der Waals surface area (Å²) in [6, 6.07) is 5.00. The van der Waals surface area contributed by atoms with E-state index in [0.717, 1.165) is 0 Å². The number of aryl methyl sites for hydroxylation is 1. The van der Waals surface area contributed by atoms with E-state index in [9.17, 15) is 13.2 Å². The molecule has 0 saturated heterocycles. The highest BCUT2D eigenvalue weighted by Crippen LogP contribution is 2.22. The maximum absolute atomic E-state index is 12.7. The summed E-state index contributed by atoms with van der Waals surface area (Å²) >= 11 is 0. The first-order chi connectivity index (χ1) is 13.8. The van der Waals surface area contributed by atoms with Crippen molar-refractivity contribution in [2.75, 3.05) is 29.9 Å². The van der Waals surface area contributed by atoms with E-state index >= 15 is 0 Å². The van der Waals surface area contributed by atoms with Gasteiger partial charge in [-0.2, -0.15) is 27.7 Å². The first-order valence-electron chi connectivity index (χ1n) is 8.32. The number of nitrogens with two attached hydrogens (primary N) is 1. The van der Waals surface area contributed by atoms with Crippen LogP contribution in [-0.4, -0.2) is 49.7 Å². The number of ether oxygens (including phenoxy) is 2. The van der Waals surface area contributed by atoms with Crippen LogP contribution < -0.4 is 19.5 Å². The summed E-state index contributed by atoms with van der Waals surface area (Å²) < 4.78 is 34.8. The maximum Gasteiger partial charge on any atom is 0.343 e. The molecule has 2 aromatic rings. The molecule has 0 aliphatic carbocycles. The lowest BCUT2D eigenvalue weighted by Gasteiger charge is -2.21. The number of nitrogens with zero attached hydrogens (tertiary/aromatic N) is 4. The van der Waals surface area contributed by atoms with Crippen molar-refractivity contribution in [2.45, 2.75) is 13.8 Å². The molecule has 12 heteroatoms. The summed E-state index contributed by atoms with van der Waals surface area (Å²) in [5.74, 6) is 5.57. The van der Waals surface area contributed by atoms with Crippen molar-refractivity contribution < 1.29 is 22.7 Å². The van der Waals surface area contributed by atoms with Crippen LogP contribution in [0.1, 0.15) is 18.3 Å². The molecule has 0 radical (unpaired) electrons. The number of amides is 2. The van der Waals surface area contributed by atoms with Crippen molar-refractivity contribution >= 4 is 27.9 Å². The maximum atomic E-state index is 12.7. The van der Waals surface area contributed by atoms with Gasteiger partial charge in [-0.3, -0.25) is 5.32 Å². The van der Waals surface area contributed by atoms with Crippen LogP contribution in [0.2, 0.25) is 0 Å². The lowest BCUT2D eigenvalue weighted by Crippen LogP contribution is -2.44. The second kappa shape index (κ2) is 9.78. The van der Waals surface area contributed by atoms with Gasteiger partial charge in [0.15, 0.2) is 0 Å². The monoisotopic (exact) mass is 420 g/mol. The van der Waals surface area contributed by atoms with Crippen molar-refractivity contribution in [3.8, 4) is 17.9 Å². The largest absolute Gasteiger partial charge is 0.467 e. The molecule has 0 saturated carbocycles. The number of rotatable bonds is 6. The molecule has 29 heavy (non-hydrogen) atoms. The average Bonchev–Trinajstić information content (AvgIpc) is 2.64. The molecule has 0 atom stereocenters. The predicted octanol–water partition coefficient (Wildman–Crippen LogP) is 0.819. The van der Waals surface area contributed by atoms with Crippen molar-refractivity contribution in [1.82, 2.24) is 15.0 Å². The Balaban J connectivity index is 2.42. The molecule has 0 bridgehead atoms. The number of hydrogen-bond donors (Lipinski definition) is 2. The summed E-state index contributed by atoms with van der Waals surface area (Å²) in [6.45, 7) is 4.01. The van der Waals surface area contributed by atoms with Gasteiger partial charge in [-0.05, 0) is 26.0 Å². The molecule has 0 spiro atoms. The molecule has 1 heterocycles. The van der Waals surface area contributed by atoms with Crippen molar-refractivity contribution in [1.29, 1.82) is 0 Å². The van der Waals surface area contributed by atoms with Crippen molar-refractivity contribution in [2.24, 2.45) is 5.14 Å². The Morgan fingerprint density at radius 1 is 1.28 bits per heavy atom. The average molecular weight is 420 g/mol. The Bertz CT molecular complexity index is 1050. The van der Waals surface area contributed by atoms with E-state index in [2.05, 4.69) is 32.1 Å². The number of nitrogens with one attached hydrogen (secondary N) is 1. The summed E-state index contributed by atoms with van der Waals surface area (Å²) in [5, 5.41) is 7.56. The highest BCUT2D eigenvalue weighted by Gasteiger charge is 2.29. The number of methoxy groups -OCH3 is 1. The molecule has 2 rings (SSSR count). The number of carbonyl (C=O) groups excluding carboxylic acids is 1. The number of hydrogen-bond acceptors (Lipinski definition) is 8. The first kappa shape index (κ1) is 22.0. The van der Waals surface area contributed by atoms with Gasteiger partial charge in [0, 0.05) is 12.2 Å². The molecule has 154 valence electrons. The number of para-hydroxylation sites is 1. The number of urea groups is 1. The Morgan fingerprint density at radius 3 is 2.66 bits per heavy atom. The highest BCUT2D eigenvalue weighted by atomic mass is 32.2. The molecule has 1 aromatic heterocycles. The molecule has 2 amide bonds. The third-order valence-corrected chi connectivity index (χ3v) is 4.16. The summed E-state index contributed by atoms with van der Waals surface area (Å²) in [7, 11) is -3.16. The van der Waals surface area contributed by atoms with Crippen LogP contribution in [0.4, 0.5) is 16.4 Å². The third kappa shape index (κ3) is 6.11. The summed E-state index contributed by atoms with van der Waals surface area (Å²) in [4.78, 5) is 24.4. The molecule has 1 aromatic carbocycles. The van der Waals surface area contributed by atoms with E-state index in [-0.39, 0.29) is 35.6 Å². The Morgan fingerprint density at radius 2 is 2.00 bits per heavy atom. The van der Waals surface area contributed by atoms with Gasteiger partial charge < -0.3 is 9.47 Å². The van der Waals surface area contributed by atoms with Gasteiger partial charge in [0.2, 0.25) is 5.95 Å². The van der Waals surface area contributed by atoms with Crippen LogP contribution in [0, 0.1) is 18.8 Å². The van der Waals surface area contributed by atoms with Crippen molar-refractivity contribution in [3.05, 3.63) is 35.7 Å². The topological polar surface area (TPSA) is 150 Å². The zero-order valence-corrected chi connectivity index (χ0v) is 16.9. The van der Waals surface area contributed by atoms with Crippen molar-refractivity contribution in [3.63, 3.8) is 0 Å². The van der Waals surface area contributed by atoms with Crippen LogP contribution >= 0.6 is 0 Å². The standard InChI is InChI=1S/C17H20N6O5S/c1-4-28-11-7-9-13-8-5-6-10-14(13)23(29(18,25)26)17(24)22-15-19-12(2)20-16(21-15)27-3/h5-6,8,10H,4,11H2,1-3H3,(H2,18,25,26)(H,19,20,21,22,24). The third-order valence-electron chi connectivity index (χ3n) is 3.29. The lowest BCUT2D eigenvalue weighted by molar-refractivity contribution is 0.182. The van der Waals surface area contributed by atoms with E-state index in [4.69, 9.17) is 14.6 Å². The molecule has 11 nitrogen and oxygen atoms in total. The van der Waals surface area contributed by atoms with Crippen LogP contribution in [0.3, 0.4) is 0 Å². The fourth-order valence-corrected chi connectivity index (χ4v) is 2.86. The van der Waals surface area contributed by atoms with Gasteiger partial charge in [-0.15, -0.1) is 0 Å². The van der Waals surface area contributed by atoms with E-state index in [1.807, 2.05) is 6.92 Å². The quantitative estimate of drug-likeness (QED) is 0.515. The number of carbonyl (C=O) groups is 1. The van der Waals surface area contributed by atoms with E-state index in [0.29, 0.717) is 10.9 Å². The van der Waals surface area contributed by atoms with Gasteiger partial charge in [0.05, 0.1) is 12.8 Å². The molecule has 0 fully saturated rings. The predicted molar refractivity (Wildman–Crippen MR) is 106 cm³/mol. The second-order valence-corrected chi connectivity index (χ2v) is 6.78. The van der Waals surface area contributed by atoms with Gasteiger partial charge in [-0.25, -0.2) is 9.93 Å². The number of benzene rings is 1. The fourth-order valence-electron chi connectivity index (χ4n) is 2.15. The summed E-state index contributed by atoms with van der Waals surface area (Å²) in [5.41, 5.74) is 0.232. The van der Waals surface area contributed by atoms with Crippen LogP contribution in [-0.2, 0) is 14.9 Å². The second-order valence-electron chi connectivity index (χ2n) is 5.39. The normalized spacial score (nSPS) is 10.6. The van der Waals surface area contributed by atoms with E-state index < -0.39 is 16.2 Å². The molecule has 0 aliphatic rings. The minimum absolute atomic E-state index is 0.0331. The summed E-state index contributed by atoms with van der Waals surface area (Å²) in [6.07, 6.45) is 0. The van der Waals surface area contributed by atoms with Crippen LogP contribution in [0.5, 0.6) is 6.01 Å². The Kier molecular flexibility index (Phi) is 7.43. The van der Waals surface area contributed by atoms with E-state index in [1.54, 1.807) is 25.1 Å². The molecule has 0 unspecified atom stereocenters. The molecular weight excluding hydrogens is 400 g/mol.